The minimum atomic E-state index is 0.234. The second-order valence-corrected chi connectivity index (χ2v) is 4.06. The third kappa shape index (κ3) is 4.40. The molecule has 1 heterocycles. The van der Waals surface area contributed by atoms with Crippen LogP contribution in [-0.4, -0.2) is 17.2 Å². The summed E-state index contributed by atoms with van der Waals surface area (Å²) in [6.07, 6.45) is 3.22. The Hall–Kier alpha value is -0.930. The maximum atomic E-state index is 5.68. The van der Waals surface area contributed by atoms with Crippen molar-refractivity contribution in [2.24, 2.45) is 5.73 Å². The standard InChI is InChI=1S/C12H20N2O/c1-9(2)15-10(3)6-11-4-5-14-12(7-11)8-13/h4-5,7,9-10H,6,8,13H2,1-3H3. The molecule has 1 aromatic heterocycles. The first-order chi connectivity index (χ1) is 7.11. The predicted octanol–water partition coefficient (Wildman–Crippen LogP) is 1.90. The first-order valence-electron chi connectivity index (χ1n) is 5.41. The maximum absolute atomic E-state index is 5.68. The van der Waals surface area contributed by atoms with Crippen molar-refractivity contribution >= 4 is 0 Å². The van der Waals surface area contributed by atoms with Crippen molar-refractivity contribution in [2.75, 3.05) is 0 Å². The summed E-state index contributed by atoms with van der Waals surface area (Å²) in [5.41, 5.74) is 7.71. The third-order valence-corrected chi connectivity index (χ3v) is 2.12. The lowest BCUT2D eigenvalue weighted by Crippen LogP contribution is -2.17. The lowest BCUT2D eigenvalue weighted by atomic mass is 10.1. The number of ether oxygens (including phenoxy) is 1. The van der Waals surface area contributed by atoms with Crippen molar-refractivity contribution in [3.05, 3.63) is 29.6 Å². The van der Waals surface area contributed by atoms with Gasteiger partial charge in [-0.15, -0.1) is 0 Å². The van der Waals surface area contributed by atoms with Crippen LogP contribution in [0, 0.1) is 0 Å². The summed E-state index contributed by atoms with van der Waals surface area (Å²) in [6.45, 7) is 6.68. The molecule has 0 aliphatic rings. The van der Waals surface area contributed by atoms with Gasteiger partial charge in [0.1, 0.15) is 0 Å². The van der Waals surface area contributed by atoms with E-state index in [0.717, 1.165) is 12.1 Å². The second-order valence-electron chi connectivity index (χ2n) is 4.06. The lowest BCUT2D eigenvalue weighted by molar-refractivity contribution is 0.0195. The van der Waals surface area contributed by atoms with Crippen LogP contribution in [0.25, 0.3) is 0 Å². The van der Waals surface area contributed by atoms with Crippen LogP contribution in [0.15, 0.2) is 18.3 Å². The highest BCUT2D eigenvalue weighted by Gasteiger charge is 2.06. The van der Waals surface area contributed by atoms with Gasteiger partial charge in [0, 0.05) is 12.7 Å². The summed E-state index contributed by atoms with van der Waals surface area (Å²) >= 11 is 0. The van der Waals surface area contributed by atoms with Gasteiger partial charge in [-0.2, -0.15) is 0 Å². The zero-order valence-corrected chi connectivity index (χ0v) is 9.73. The molecule has 3 heteroatoms. The molecule has 0 aliphatic heterocycles. The van der Waals surface area contributed by atoms with Crippen molar-refractivity contribution < 1.29 is 4.74 Å². The van der Waals surface area contributed by atoms with Gasteiger partial charge in [0.15, 0.2) is 0 Å². The van der Waals surface area contributed by atoms with E-state index in [1.54, 1.807) is 6.20 Å². The van der Waals surface area contributed by atoms with E-state index in [2.05, 4.69) is 11.9 Å². The number of nitrogens with zero attached hydrogens (tertiary/aromatic N) is 1. The van der Waals surface area contributed by atoms with Gasteiger partial charge in [-0.25, -0.2) is 0 Å². The highest BCUT2D eigenvalue weighted by Crippen LogP contribution is 2.08. The highest BCUT2D eigenvalue weighted by atomic mass is 16.5. The maximum Gasteiger partial charge on any atom is 0.0590 e. The zero-order chi connectivity index (χ0) is 11.3. The average molecular weight is 208 g/mol. The Labute approximate surface area is 91.7 Å². The second kappa shape index (κ2) is 5.83. The van der Waals surface area contributed by atoms with Crippen molar-refractivity contribution in [1.29, 1.82) is 0 Å². The van der Waals surface area contributed by atoms with Gasteiger partial charge >= 0.3 is 0 Å². The van der Waals surface area contributed by atoms with E-state index in [4.69, 9.17) is 10.5 Å². The fraction of sp³-hybridized carbons (Fsp3) is 0.583. The Balaban J connectivity index is 2.55. The van der Waals surface area contributed by atoms with Crippen molar-refractivity contribution in [1.82, 2.24) is 4.98 Å². The molecule has 1 atom stereocenters. The van der Waals surface area contributed by atoms with E-state index >= 15 is 0 Å². The number of hydrogen-bond donors (Lipinski definition) is 1. The summed E-state index contributed by atoms with van der Waals surface area (Å²) in [4.78, 5) is 4.16. The molecule has 0 aliphatic carbocycles. The number of hydrogen-bond acceptors (Lipinski definition) is 3. The van der Waals surface area contributed by atoms with Gasteiger partial charge in [0.05, 0.1) is 17.9 Å². The lowest BCUT2D eigenvalue weighted by Gasteiger charge is -2.16. The van der Waals surface area contributed by atoms with Gasteiger partial charge in [-0.05, 0) is 44.9 Å². The van der Waals surface area contributed by atoms with Gasteiger partial charge in [-0.3, -0.25) is 4.98 Å². The molecule has 0 amide bonds. The fourth-order valence-corrected chi connectivity index (χ4v) is 1.61. The topological polar surface area (TPSA) is 48.1 Å². The first-order valence-corrected chi connectivity index (χ1v) is 5.41. The van der Waals surface area contributed by atoms with Crippen LogP contribution in [0.1, 0.15) is 32.0 Å². The van der Waals surface area contributed by atoms with Gasteiger partial charge < -0.3 is 10.5 Å². The van der Waals surface area contributed by atoms with E-state index in [-0.39, 0.29) is 12.2 Å². The van der Waals surface area contributed by atoms with E-state index in [1.807, 2.05) is 26.0 Å². The van der Waals surface area contributed by atoms with Crippen molar-refractivity contribution in [2.45, 2.75) is 45.9 Å². The largest absolute Gasteiger partial charge is 0.376 e. The third-order valence-electron chi connectivity index (χ3n) is 2.12. The molecule has 2 N–H and O–H groups in total. The average Bonchev–Trinajstić information content (AvgIpc) is 2.16. The SMILES string of the molecule is CC(C)OC(C)Cc1ccnc(CN)c1. The molecule has 1 rings (SSSR count). The van der Waals surface area contributed by atoms with E-state index in [9.17, 15) is 0 Å². The first kappa shape index (κ1) is 12.1. The van der Waals surface area contributed by atoms with Gasteiger partial charge in [0.25, 0.3) is 0 Å². The quantitative estimate of drug-likeness (QED) is 0.804. The van der Waals surface area contributed by atoms with Crippen LogP contribution < -0.4 is 5.73 Å². The Bertz CT molecular complexity index is 299. The molecule has 0 saturated heterocycles. The molecule has 0 bridgehead atoms. The highest BCUT2D eigenvalue weighted by molar-refractivity contribution is 5.16. The van der Waals surface area contributed by atoms with Crippen molar-refractivity contribution in [3.63, 3.8) is 0 Å². The minimum absolute atomic E-state index is 0.234. The normalized spacial score (nSPS) is 13.1. The molecule has 0 spiro atoms. The Morgan fingerprint density at radius 3 is 2.73 bits per heavy atom. The number of nitrogens with two attached hydrogens (primary N) is 1. The molecule has 15 heavy (non-hydrogen) atoms. The smallest absolute Gasteiger partial charge is 0.0590 e. The number of rotatable bonds is 5. The summed E-state index contributed by atoms with van der Waals surface area (Å²) < 4.78 is 5.68. The summed E-state index contributed by atoms with van der Waals surface area (Å²) in [7, 11) is 0. The van der Waals surface area contributed by atoms with Crippen LogP contribution in [0.5, 0.6) is 0 Å². The minimum Gasteiger partial charge on any atom is -0.376 e. The monoisotopic (exact) mass is 208 g/mol. The molecular formula is C12H20N2O. The molecule has 1 unspecified atom stereocenters. The Morgan fingerprint density at radius 2 is 2.13 bits per heavy atom. The molecule has 1 aromatic rings. The van der Waals surface area contributed by atoms with Crippen LogP contribution in [0.4, 0.5) is 0 Å². The van der Waals surface area contributed by atoms with Crippen molar-refractivity contribution in [3.8, 4) is 0 Å². The Morgan fingerprint density at radius 1 is 1.40 bits per heavy atom. The molecule has 84 valence electrons. The zero-order valence-electron chi connectivity index (χ0n) is 9.73. The number of pyridine rings is 1. The number of aromatic nitrogens is 1. The molecule has 0 radical (unpaired) electrons. The van der Waals surface area contributed by atoms with Gasteiger partial charge in [-0.1, -0.05) is 0 Å². The van der Waals surface area contributed by atoms with Crippen LogP contribution in [0.3, 0.4) is 0 Å². The van der Waals surface area contributed by atoms with Crippen LogP contribution >= 0.6 is 0 Å². The van der Waals surface area contributed by atoms with E-state index < -0.39 is 0 Å². The predicted molar refractivity (Wildman–Crippen MR) is 61.5 cm³/mol. The molecule has 0 saturated carbocycles. The molecular weight excluding hydrogens is 188 g/mol. The van der Waals surface area contributed by atoms with Gasteiger partial charge in [0.2, 0.25) is 0 Å². The summed E-state index contributed by atoms with van der Waals surface area (Å²) in [6, 6.07) is 4.06. The van der Waals surface area contributed by atoms with Crippen LogP contribution in [-0.2, 0) is 17.7 Å². The molecule has 3 nitrogen and oxygen atoms in total. The van der Waals surface area contributed by atoms with E-state index in [1.165, 1.54) is 5.56 Å². The summed E-state index contributed by atoms with van der Waals surface area (Å²) in [5, 5.41) is 0. The summed E-state index contributed by atoms with van der Waals surface area (Å²) in [5.74, 6) is 0. The molecule has 0 fully saturated rings. The fourth-order valence-electron chi connectivity index (χ4n) is 1.61. The van der Waals surface area contributed by atoms with E-state index in [0.29, 0.717) is 6.54 Å². The Kier molecular flexibility index (Phi) is 4.72. The molecule has 0 aromatic carbocycles. The van der Waals surface area contributed by atoms with Crippen LogP contribution in [0.2, 0.25) is 0 Å².